The van der Waals surface area contributed by atoms with Crippen molar-refractivity contribution < 1.29 is 23.2 Å². The largest absolute Gasteiger partial charge is 0.484 e. The highest BCUT2D eigenvalue weighted by molar-refractivity contribution is 5.42. The number of aromatic nitrogens is 2. The molecule has 1 aromatic heterocycles. The van der Waals surface area contributed by atoms with Crippen LogP contribution in [0.3, 0.4) is 0 Å². The van der Waals surface area contributed by atoms with Gasteiger partial charge in [-0.2, -0.15) is 4.98 Å². The third-order valence-corrected chi connectivity index (χ3v) is 7.79. The maximum atomic E-state index is 13.3. The first-order chi connectivity index (χ1) is 17.5. The molecule has 0 radical (unpaired) electrons. The molecule has 0 aliphatic carbocycles. The molecule has 0 spiro atoms. The van der Waals surface area contributed by atoms with Gasteiger partial charge in [0.2, 0.25) is 5.82 Å². The number of hydrogen-bond donors (Lipinski definition) is 1. The van der Waals surface area contributed by atoms with Gasteiger partial charge in [0, 0.05) is 18.8 Å². The number of fused-ring (bicyclic) bond motifs is 3. The predicted octanol–water partition coefficient (Wildman–Crippen LogP) is 4.68. The molecule has 1 N–H and O–H groups in total. The highest BCUT2D eigenvalue weighted by atomic mass is 19.1. The number of halogens is 1. The van der Waals surface area contributed by atoms with E-state index in [4.69, 9.17) is 14.2 Å². The molecule has 2 bridgehead atoms. The molecule has 7 heteroatoms. The number of benzene rings is 3. The van der Waals surface area contributed by atoms with Crippen molar-refractivity contribution >= 4 is 0 Å². The van der Waals surface area contributed by atoms with Gasteiger partial charge in [-0.25, -0.2) is 4.39 Å². The second-order valence-corrected chi connectivity index (χ2v) is 10.0. The number of nitrogens with zero attached hydrogens (tertiary/aromatic N) is 3. The number of piperidine rings is 3. The first kappa shape index (κ1) is 22.9. The van der Waals surface area contributed by atoms with Gasteiger partial charge in [-0.15, -0.1) is 0 Å². The molecule has 36 heavy (non-hydrogen) atoms. The van der Waals surface area contributed by atoms with Crippen LogP contribution in [0.25, 0.3) is 0 Å². The minimum absolute atomic E-state index is 0.0610. The molecule has 0 amide bonds. The number of quaternary nitrogens is 1. The Balaban J connectivity index is 1.26. The van der Waals surface area contributed by atoms with Crippen LogP contribution in [0.5, 0.6) is 5.75 Å². The van der Waals surface area contributed by atoms with E-state index >= 15 is 0 Å². The molecular weight excluding hydrogens is 457 g/mol. The second-order valence-electron chi connectivity index (χ2n) is 10.0. The minimum atomic E-state index is -1.52. The SMILES string of the molecule is OC(c1ccccc1)(c1ccccc1)c1noc(C[N+]23CCC(CC2)C(Oc2ccc(F)cc2)C3)n1. The molecule has 3 aliphatic heterocycles. The molecule has 184 valence electrons. The Labute approximate surface area is 209 Å². The highest BCUT2D eigenvalue weighted by Gasteiger charge is 2.48. The van der Waals surface area contributed by atoms with E-state index in [0.717, 1.165) is 37.0 Å². The van der Waals surface area contributed by atoms with Crippen molar-refractivity contribution in [3.05, 3.63) is 114 Å². The van der Waals surface area contributed by atoms with Gasteiger partial charge in [0.25, 0.3) is 5.89 Å². The van der Waals surface area contributed by atoms with E-state index < -0.39 is 5.60 Å². The Hall–Kier alpha value is -3.55. The summed E-state index contributed by atoms with van der Waals surface area (Å²) in [6, 6.07) is 25.1. The summed E-state index contributed by atoms with van der Waals surface area (Å²) in [5.41, 5.74) is -0.155. The molecule has 3 fully saturated rings. The molecule has 3 aliphatic rings. The van der Waals surface area contributed by atoms with E-state index in [9.17, 15) is 9.50 Å². The fraction of sp³-hybridized carbons (Fsp3) is 0.310. The van der Waals surface area contributed by atoms with Crippen LogP contribution in [0, 0.1) is 11.7 Å². The lowest BCUT2D eigenvalue weighted by Crippen LogP contribution is -2.64. The molecule has 6 nitrogen and oxygen atoms in total. The van der Waals surface area contributed by atoms with Crippen molar-refractivity contribution in [2.24, 2.45) is 5.92 Å². The summed E-state index contributed by atoms with van der Waals surface area (Å²) >= 11 is 0. The Kier molecular flexibility index (Phi) is 5.82. The normalized spacial score (nSPS) is 23.5. The van der Waals surface area contributed by atoms with Crippen LogP contribution in [-0.2, 0) is 12.1 Å². The van der Waals surface area contributed by atoms with Crippen molar-refractivity contribution in [2.75, 3.05) is 19.6 Å². The maximum absolute atomic E-state index is 13.3. The van der Waals surface area contributed by atoms with E-state index in [1.165, 1.54) is 12.1 Å². The van der Waals surface area contributed by atoms with E-state index in [0.29, 0.717) is 35.2 Å². The van der Waals surface area contributed by atoms with Crippen molar-refractivity contribution in [1.82, 2.24) is 10.1 Å². The zero-order valence-corrected chi connectivity index (χ0v) is 20.0. The van der Waals surface area contributed by atoms with Gasteiger partial charge in [0.15, 0.2) is 18.2 Å². The summed E-state index contributed by atoms with van der Waals surface area (Å²) in [7, 11) is 0. The smallest absolute Gasteiger partial charge is 0.282 e. The summed E-state index contributed by atoms with van der Waals surface area (Å²) in [6.45, 7) is 3.46. The molecule has 3 saturated heterocycles. The summed E-state index contributed by atoms with van der Waals surface area (Å²) in [4.78, 5) is 4.73. The van der Waals surface area contributed by atoms with Crippen molar-refractivity contribution in [1.29, 1.82) is 0 Å². The van der Waals surface area contributed by atoms with Gasteiger partial charge in [-0.3, -0.25) is 0 Å². The van der Waals surface area contributed by atoms with E-state index in [1.807, 2.05) is 60.7 Å². The van der Waals surface area contributed by atoms with Crippen LogP contribution in [0.4, 0.5) is 4.39 Å². The lowest BCUT2D eigenvalue weighted by atomic mass is 9.83. The first-order valence-corrected chi connectivity index (χ1v) is 12.5. The Morgan fingerprint density at radius 2 is 1.53 bits per heavy atom. The zero-order valence-electron chi connectivity index (χ0n) is 20.0. The van der Waals surface area contributed by atoms with Gasteiger partial charge >= 0.3 is 0 Å². The third-order valence-electron chi connectivity index (χ3n) is 7.79. The lowest BCUT2D eigenvalue weighted by Gasteiger charge is -2.51. The second kappa shape index (κ2) is 9.15. The number of hydrogen-bond acceptors (Lipinski definition) is 5. The molecule has 7 rings (SSSR count). The Bertz CT molecular complexity index is 1260. The topological polar surface area (TPSA) is 68.4 Å². The number of aliphatic hydroxyl groups is 1. The average molecular weight is 487 g/mol. The standard InChI is InChI=1S/C29H29FN3O3/c30-24-11-13-25(14-12-24)35-26-19-33(17-15-21(26)16-18-33)20-27-31-28(32-36-27)29(34,22-7-3-1-4-8-22)23-9-5-2-6-10-23/h1-14,21,26,34H,15-20H2/q+1. The molecule has 4 aromatic rings. The summed E-state index contributed by atoms with van der Waals surface area (Å²) in [5.74, 6) is 1.67. The zero-order chi connectivity index (χ0) is 24.6. The van der Waals surface area contributed by atoms with Gasteiger partial charge in [0.1, 0.15) is 18.1 Å². The molecule has 4 heterocycles. The summed E-state index contributed by atoms with van der Waals surface area (Å²) < 4.78 is 26.2. The minimum Gasteiger partial charge on any atom is -0.484 e. The van der Waals surface area contributed by atoms with Crippen LogP contribution >= 0.6 is 0 Å². The fourth-order valence-electron chi connectivity index (χ4n) is 5.80. The van der Waals surface area contributed by atoms with Crippen molar-refractivity contribution in [2.45, 2.75) is 31.1 Å². The maximum Gasteiger partial charge on any atom is 0.282 e. The van der Waals surface area contributed by atoms with Crippen LogP contribution in [0.2, 0.25) is 0 Å². The van der Waals surface area contributed by atoms with Gasteiger partial charge in [-0.05, 0) is 35.4 Å². The van der Waals surface area contributed by atoms with Gasteiger partial charge in [-0.1, -0.05) is 65.8 Å². The fourth-order valence-corrected chi connectivity index (χ4v) is 5.80. The van der Waals surface area contributed by atoms with Crippen molar-refractivity contribution in [3.63, 3.8) is 0 Å². The summed E-state index contributed by atoms with van der Waals surface area (Å²) in [6.07, 6.45) is 2.18. The van der Waals surface area contributed by atoms with Crippen LogP contribution in [0.1, 0.15) is 35.7 Å². The number of ether oxygens (including phenoxy) is 1. The Morgan fingerprint density at radius 1 is 0.917 bits per heavy atom. The first-order valence-electron chi connectivity index (χ1n) is 12.5. The highest BCUT2D eigenvalue weighted by Crippen LogP contribution is 2.39. The van der Waals surface area contributed by atoms with Crippen molar-refractivity contribution in [3.8, 4) is 5.75 Å². The Morgan fingerprint density at radius 3 is 2.14 bits per heavy atom. The monoisotopic (exact) mass is 486 g/mol. The molecule has 0 saturated carbocycles. The molecule has 1 atom stereocenters. The summed E-state index contributed by atoms with van der Waals surface area (Å²) in [5, 5.41) is 16.2. The average Bonchev–Trinajstić information content (AvgIpc) is 3.39. The van der Waals surface area contributed by atoms with E-state index in [2.05, 4.69) is 5.16 Å². The van der Waals surface area contributed by atoms with Gasteiger partial charge in [0.05, 0.1) is 13.1 Å². The molecule has 1 unspecified atom stereocenters. The predicted molar refractivity (Wildman–Crippen MR) is 131 cm³/mol. The van der Waals surface area contributed by atoms with E-state index in [-0.39, 0.29) is 17.7 Å². The van der Waals surface area contributed by atoms with Gasteiger partial charge < -0.3 is 18.8 Å². The van der Waals surface area contributed by atoms with Crippen LogP contribution in [-0.4, -0.2) is 45.5 Å². The molecule has 3 aromatic carbocycles. The van der Waals surface area contributed by atoms with Crippen LogP contribution < -0.4 is 4.74 Å². The lowest BCUT2D eigenvalue weighted by molar-refractivity contribution is -0.959. The van der Waals surface area contributed by atoms with E-state index in [1.54, 1.807) is 12.1 Å². The van der Waals surface area contributed by atoms with Crippen LogP contribution in [0.15, 0.2) is 89.5 Å². The molecular formula is C29H29FN3O3+. The third kappa shape index (κ3) is 4.18. The quantitative estimate of drug-likeness (QED) is 0.384. The number of rotatable bonds is 7.